The third-order valence-corrected chi connectivity index (χ3v) is 10.8. The highest BCUT2D eigenvalue weighted by atomic mass is 16.6. The van der Waals surface area contributed by atoms with E-state index in [9.17, 15) is 14.4 Å². The lowest BCUT2D eigenvalue weighted by atomic mass is 10.0. The van der Waals surface area contributed by atoms with Gasteiger partial charge in [0, 0.05) is 19.3 Å². The van der Waals surface area contributed by atoms with Gasteiger partial charge < -0.3 is 14.2 Å². The Morgan fingerprint density at radius 2 is 0.611 bits per heavy atom. The molecule has 0 aromatic rings. The molecule has 0 N–H and O–H groups in total. The van der Waals surface area contributed by atoms with Crippen LogP contribution in [0.4, 0.5) is 0 Å². The molecule has 0 heterocycles. The van der Waals surface area contributed by atoms with E-state index >= 15 is 0 Å². The largest absolute Gasteiger partial charge is 0.462 e. The quantitative estimate of drug-likeness (QED) is 0.0349. The van der Waals surface area contributed by atoms with E-state index in [0.717, 1.165) is 70.1 Å². The molecule has 0 saturated heterocycles. The van der Waals surface area contributed by atoms with Gasteiger partial charge in [-0.2, -0.15) is 0 Å². The standard InChI is InChI=1S/C48H92O6/c1-5-7-9-11-12-13-25-28-32-35-39-46(49)52-42-45(54-48(51)41-37-30-10-8-6-2)43-53-47(50)40-36-33-29-26-23-21-19-17-15-14-16-18-20-22-24-27-31-34-38-44(3)4/h44-45H,5-43H2,1-4H3/t45-/m1/s1. The summed E-state index contributed by atoms with van der Waals surface area (Å²) in [5.74, 6) is -0.00882. The van der Waals surface area contributed by atoms with E-state index in [-0.39, 0.29) is 31.1 Å². The Morgan fingerprint density at radius 1 is 0.352 bits per heavy atom. The zero-order valence-electron chi connectivity index (χ0n) is 36.7. The third kappa shape index (κ3) is 41.6. The van der Waals surface area contributed by atoms with Gasteiger partial charge in [0.25, 0.3) is 0 Å². The molecule has 0 saturated carbocycles. The zero-order valence-corrected chi connectivity index (χ0v) is 36.7. The van der Waals surface area contributed by atoms with Crippen molar-refractivity contribution in [3.05, 3.63) is 0 Å². The summed E-state index contributed by atoms with van der Waals surface area (Å²) in [6.07, 6.45) is 42.7. The molecule has 0 radical (unpaired) electrons. The molecule has 0 aliphatic heterocycles. The number of esters is 3. The van der Waals surface area contributed by atoms with Crippen LogP contribution in [0.15, 0.2) is 0 Å². The second-order valence-electron chi connectivity index (χ2n) is 16.9. The van der Waals surface area contributed by atoms with Gasteiger partial charge in [0.1, 0.15) is 13.2 Å². The van der Waals surface area contributed by atoms with E-state index in [2.05, 4.69) is 27.7 Å². The van der Waals surface area contributed by atoms with Crippen LogP contribution in [-0.4, -0.2) is 37.2 Å². The van der Waals surface area contributed by atoms with E-state index in [4.69, 9.17) is 14.2 Å². The second-order valence-corrected chi connectivity index (χ2v) is 16.9. The number of hydrogen-bond acceptors (Lipinski definition) is 6. The smallest absolute Gasteiger partial charge is 0.306 e. The van der Waals surface area contributed by atoms with Crippen LogP contribution in [0.3, 0.4) is 0 Å². The molecule has 0 fully saturated rings. The van der Waals surface area contributed by atoms with Crippen molar-refractivity contribution in [2.24, 2.45) is 5.92 Å². The summed E-state index contributed by atoms with van der Waals surface area (Å²) in [5.41, 5.74) is 0. The number of unbranched alkanes of at least 4 members (excludes halogenated alkanes) is 30. The average molecular weight is 765 g/mol. The SMILES string of the molecule is CCCCCCCCCCCCC(=O)OC[C@H](COC(=O)CCCCCCCCCCCCCCCCCCCCC(C)C)OC(=O)CCCCCCC. The predicted octanol–water partition coefficient (Wildman–Crippen LogP) is 15.1. The van der Waals surface area contributed by atoms with Gasteiger partial charge in [0.2, 0.25) is 0 Å². The lowest BCUT2D eigenvalue weighted by molar-refractivity contribution is -0.167. The van der Waals surface area contributed by atoms with Crippen LogP contribution in [0.25, 0.3) is 0 Å². The van der Waals surface area contributed by atoms with Crippen molar-refractivity contribution < 1.29 is 28.6 Å². The van der Waals surface area contributed by atoms with Crippen molar-refractivity contribution >= 4 is 17.9 Å². The Labute approximate surface area is 336 Å². The van der Waals surface area contributed by atoms with E-state index in [0.29, 0.717) is 19.3 Å². The molecule has 54 heavy (non-hydrogen) atoms. The molecular formula is C48H92O6. The van der Waals surface area contributed by atoms with Crippen molar-refractivity contribution in [1.82, 2.24) is 0 Å². The van der Waals surface area contributed by atoms with E-state index in [1.54, 1.807) is 0 Å². The van der Waals surface area contributed by atoms with Crippen LogP contribution in [0.5, 0.6) is 0 Å². The van der Waals surface area contributed by atoms with Gasteiger partial charge in [-0.3, -0.25) is 14.4 Å². The van der Waals surface area contributed by atoms with Crippen LogP contribution in [-0.2, 0) is 28.6 Å². The van der Waals surface area contributed by atoms with Gasteiger partial charge in [-0.05, 0) is 25.2 Å². The Morgan fingerprint density at radius 3 is 0.907 bits per heavy atom. The van der Waals surface area contributed by atoms with E-state index in [1.165, 1.54) is 154 Å². The first-order chi connectivity index (χ1) is 26.4. The van der Waals surface area contributed by atoms with Crippen molar-refractivity contribution in [3.63, 3.8) is 0 Å². The lowest BCUT2D eigenvalue weighted by Gasteiger charge is -2.18. The Kier molecular flexibility index (Phi) is 41.3. The van der Waals surface area contributed by atoms with Crippen molar-refractivity contribution in [2.75, 3.05) is 13.2 Å². The molecule has 0 spiro atoms. The molecule has 0 aliphatic carbocycles. The summed E-state index contributed by atoms with van der Waals surface area (Å²) >= 11 is 0. The number of ether oxygens (including phenoxy) is 3. The molecule has 0 unspecified atom stereocenters. The van der Waals surface area contributed by atoms with E-state index < -0.39 is 6.10 Å². The van der Waals surface area contributed by atoms with Crippen LogP contribution >= 0.6 is 0 Å². The summed E-state index contributed by atoms with van der Waals surface area (Å²) in [4.78, 5) is 37.4. The number of carbonyl (C=O) groups is 3. The summed E-state index contributed by atoms with van der Waals surface area (Å²) in [6, 6.07) is 0. The van der Waals surface area contributed by atoms with Gasteiger partial charge in [-0.15, -0.1) is 0 Å². The molecule has 0 amide bonds. The zero-order chi connectivity index (χ0) is 39.6. The fraction of sp³-hybridized carbons (Fsp3) is 0.938. The first-order valence-corrected chi connectivity index (χ1v) is 23.9. The summed E-state index contributed by atoms with van der Waals surface area (Å²) in [7, 11) is 0. The molecule has 1 atom stereocenters. The van der Waals surface area contributed by atoms with Gasteiger partial charge in [-0.25, -0.2) is 0 Å². The Bertz CT molecular complexity index is 811. The fourth-order valence-electron chi connectivity index (χ4n) is 7.16. The molecule has 0 aliphatic rings. The van der Waals surface area contributed by atoms with Crippen molar-refractivity contribution in [1.29, 1.82) is 0 Å². The molecule has 0 aromatic carbocycles. The summed E-state index contributed by atoms with van der Waals surface area (Å²) in [6.45, 7) is 8.93. The van der Waals surface area contributed by atoms with Crippen molar-refractivity contribution in [3.8, 4) is 0 Å². The maximum atomic E-state index is 12.5. The highest BCUT2D eigenvalue weighted by Crippen LogP contribution is 2.17. The summed E-state index contributed by atoms with van der Waals surface area (Å²) in [5, 5.41) is 0. The first-order valence-electron chi connectivity index (χ1n) is 23.9. The van der Waals surface area contributed by atoms with Crippen molar-refractivity contribution in [2.45, 2.75) is 271 Å². The number of carbonyl (C=O) groups excluding carboxylic acids is 3. The highest BCUT2D eigenvalue weighted by molar-refractivity contribution is 5.71. The minimum absolute atomic E-state index is 0.0649. The molecule has 0 rings (SSSR count). The van der Waals surface area contributed by atoms with Gasteiger partial charge in [-0.1, -0.05) is 227 Å². The average Bonchev–Trinajstić information content (AvgIpc) is 3.15. The topological polar surface area (TPSA) is 78.9 Å². The van der Waals surface area contributed by atoms with E-state index in [1.807, 2.05) is 0 Å². The second kappa shape index (κ2) is 42.6. The maximum Gasteiger partial charge on any atom is 0.306 e. The van der Waals surface area contributed by atoms with Gasteiger partial charge in [0.15, 0.2) is 6.10 Å². The van der Waals surface area contributed by atoms with Crippen LogP contribution in [0.2, 0.25) is 0 Å². The molecule has 320 valence electrons. The first kappa shape index (κ1) is 52.4. The van der Waals surface area contributed by atoms with Gasteiger partial charge >= 0.3 is 17.9 Å². The molecule has 6 heteroatoms. The summed E-state index contributed by atoms with van der Waals surface area (Å²) < 4.78 is 16.6. The molecule has 0 bridgehead atoms. The Hall–Kier alpha value is -1.59. The minimum Gasteiger partial charge on any atom is -0.462 e. The maximum absolute atomic E-state index is 12.5. The Balaban J connectivity index is 4.00. The van der Waals surface area contributed by atoms with Crippen LogP contribution in [0.1, 0.15) is 265 Å². The monoisotopic (exact) mass is 765 g/mol. The van der Waals surface area contributed by atoms with Crippen LogP contribution < -0.4 is 0 Å². The minimum atomic E-state index is -0.757. The molecule has 6 nitrogen and oxygen atoms in total. The predicted molar refractivity (Wildman–Crippen MR) is 229 cm³/mol. The highest BCUT2D eigenvalue weighted by Gasteiger charge is 2.19. The normalized spacial score (nSPS) is 11.9. The third-order valence-electron chi connectivity index (χ3n) is 10.8. The lowest BCUT2D eigenvalue weighted by Crippen LogP contribution is -2.30. The molecular weight excluding hydrogens is 673 g/mol. The number of rotatable bonds is 43. The van der Waals surface area contributed by atoms with Gasteiger partial charge in [0.05, 0.1) is 0 Å². The fourth-order valence-corrected chi connectivity index (χ4v) is 7.16. The van der Waals surface area contributed by atoms with Crippen LogP contribution in [0, 0.1) is 5.92 Å². The number of hydrogen-bond donors (Lipinski definition) is 0. The molecule has 0 aromatic heterocycles.